The fourth-order valence-corrected chi connectivity index (χ4v) is 3.73. The van der Waals surface area contributed by atoms with Gasteiger partial charge in [0.15, 0.2) is 5.06 Å². The van der Waals surface area contributed by atoms with E-state index in [1.54, 1.807) is 0 Å². The quantitative estimate of drug-likeness (QED) is 0.523. The Morgan fingerprint density at radius 1 is 1.12 bits per heavy atom. The Labute approximate surface area is 144 Å². The first-order valence-corrected chi connectivity index (χ1v) is 8.95. The van der Waals surface area contributed by atoms with Crippen LogP contribution in [0.2, 0.25) is 0 Å². The summed E-state index contributed by atoms with van der Waals surface area (Å²) in [6.45, 7) is -0.0786. The van der Waals surface area contributed by atoms with Crippen LogP contribution in [0.4, 0.5) is 0 Å². The second-order valence-electron chi connectivity index (χ2n) is 5.76. The Kier molecular flexibility index (Phi) is 4.17. The van der Waals surface area contributed by atoms with Gasteiger partial charge in [0.25, 0.3) is 0 Å². The van der Waals surface area contributed by atoms with Crippen molar-refractivity contribution in [1.82, 2.24) is 4.98 Å². The number of rotatable bonds is 4. The van der Waals surface area contributed by atoms with Crippen LogP contribution in [0.3, 0.4) is 0 Å². The van der Waals surface area contributed by atoms with Crippen molar-refractivity contribution in [1.29, 1.82) is 0 Å². The molecule has 122 valence electrons. The van der Waals surface area contributed by atoms with Crippen LogP contribution in [0.25, 0.3) is 10.9 Å². The molecule has 4 nitrogen and oxygen atoms in total. The Balaban J connectivity index is 1.65. The summed E-state index contributed by atoms with van der Waals surface area (Å²) in [5.74, 6) is -0.330. The van der Waals surface area contributed by atoms with E-state index in [9.17, 15) is 4.79 Å². The van der Waals surface area contributed by atoms with Gasteiger partial charge in [-0.2, -0.15) is 0 Å². The van der Waals surface area contributed by atoms with Gasteiger partial charge in [0.05, 0.1) is 11.1 Å². The van der Waals surface area contributed by atoms with Gasteiger partial charge in [-0.3, -0.25) is 4.98 Å². The van der Waals surface area contributed by atoms with Crippen molar-refractivity contribution >= 4 is 28.2 Å². The monoisotopic (exact) mass is 339 g/mol. The minimum atomic E-state index is -0.330. The molecule has 1 aliphatic carbocycles. The number of hydrogen-bond donors (Lipinski definition) is 0. The third-order valence-electron chi connectivity index (χ3n) is 4.26. The number of aromatic nitrogens is 1. The molecule has 0 saturated heterocycles. The highest BCUT2D eigenvalue weighted by Gasteiger charge is 2.23. The molecule has 2 heterocycles. The summed E-state index contributed by atoms with van der Waals surface area (Å²) in [6.07, 6.45) is 4.00. The third-order valence-corrected chi connectivity index (χ3v) is 5.04. The lowest BCUT2D eigenvalue weighted by molar-refractivity contribution is 0.0165. The number of fused-ring (bicyclic) bond motifs is 2. The van der Waals surface area contributed by atoms with E-state index in [-0.39, 0.29) is 12.8 Å². The van der Waals surface area contributed by atoms with Crippen LogP contribution in [-0.4, -0.2) is 17.7 Å². The maximum Gasteiger partial charge on any atom is 0.342 e. The van der Waals surface area contributed by atoms with E-state index in [0.29, 0.717) is 5.56 Å². The number of hydrogen-bond acceptors (Lipinski definition) is 5. The molecule has 1 aromatic carbocycles. The first-order valence-electron chi connectivity index (χ1n) is 8.07. The fourth-order valence-electron chi connectivity index (χ4n) is 3.16. The molecule has 0 spiro atoms. The SMILES string of the molecule is O=C(OCOc1cccs1)c1c2c(nc3ccccc13)CCCC2. The van der Waals surface area contributed by atoms with E-state index in [0.717, 1.165) is 52.9 Å². The number of benzene rings is 1. The number of ether oxygens (including phenoxy) is 2. The maximum atomic E-state index is 12.7. The topological polar surface area (TPSA) is 48.4 Å². The van der Waals surface area contributed by atoms with Crippen molar-refractivity contribution in [2.75, 3.05) is 6.79 Å². The van der Waals surface area contributed by atoms with E-state index >= 15 is 0 Å². The molecule has 0 N–H and O–H groups in total. The summed E-state index contributed by atoms with van der Waals surface area (Å²) in [6, 6.07) is 11.5. The van der Waals surface area contributed by atoms with Gasteiger partial charge in [0, 0.05) is 11.1 Å². The largest absolute Gasteiger partial charge is 0.448 e. The zero-order valence-electron chi connectivity index (χ0n) is 13.2. The van der Waals surface area contributed by atoms with E-state index in [1.807, 2.05) is 41.8 Å². The van der Waals surface area contributed by atoms with Crippen LogP contribution >= 0.6 is 11.3 Å². The van der Waals surface area contributed by atoms with Crippen molar-refractivity contribution in [3.8, 4) is 5.06 Å². The van der Waals surface area contributed by atoms with E-state index < -0.39 is 0 Å². The highest BCUT2D eigenvalue weighted by atomic mass is 32.1. The number of carbonyl (C=O) groups excluding carboxylic acids is 1. The normalized spacial score (nSPS) is 13.5. The van der Waals surface area contributed by atoms with Gasteiger partial charge in [-0.05, 0) is 54.8 Å². The van der Waals surface area contributed by atoms with Gasteiger partial charge < -0.3 is 9.47 Å². The van der Waals surface area contributed by atoms with E-state index in [1.165, 1.54) is 11.3 Å². The molecular weight excluding hydrogens is 322 g/mol. The zero-order valence-corrected chi connectivity index (χ0v) is 14.0. The average molecular weight is 339 g/mol. The van der Waals surface area contributed by atoms with Gasteiger partial charge in [0.1, 0.15) is 0 Å². The molecule has 0 unspecified atom stereocenters. The molecule has 0 saturated carbocycles. The highest BCUT2D eigenvalue weighted by Crippen LogP contribution is 2.29. The molecule has 3 aromatic rings. The predicted octanol–water partition coefficient (Wildman–Crippen LogP) is 4.37. The third kappa shape index (κ3) is 2.87. The molecule has 4 rings (SSSR count). The molecule has 0 atom stereocenters. The lowest BCUT2D eigenvalue weighted by Gasteiger charge is -2.19. The Morgan fingerprint density at radius 3 is 2.88 bits per heavy atom. The van der Waals surface area contributed by atoms with E-state index in [2.05, 4.69) is 0 Å². The molecule has 0 aliphatic heterocycles. The summed E-state index contributed by atoms with van der Waals surface area (Å²) in [5.41, 5.74) is 3.58. The lowest BCUT2D eigenvalue weighted by atomic mass is 9.90. The maximum absolute atomic E-state index is 12.7. The number of pyridine rings is 1. The van der Waals surface area contributed by atoms with Crippen molar-refractivity contribution in [3.63, 3.8) is 0 Å². The second-order valence-corrected chi connectivity index (χ2v) is 6.67. The summed E-state index contributed by atoms with van der Waals surface area (Å²) in [7, 11) is 0. The van der Waals surface area contributed by atoms with Crippen LogP contribution in [-0.2, 0) is 17.6 Å². The van der Waals surface area contributed by atoms with Gasteiger partial charge in [-0.15, -0.1) is 11.3 Å². The molecule has 24 heavy (non-hydrogen) atoms. The Hall–Kier alpha value is -2.40. The van der Waals surface area contributed by atoms with Crippen LogP contribution in [0.5, 0.6) is 5.06 Å². The van der Waals surface area contributed by atoms with Crippen molar-refractivity contribution in [2.24, 2.45) is 0 Å². The summed E-state index contributed by atoms with van der Waals surface area (Å²) in [5, 5.41) is 3.52. The minimum absolute atomic E-state index is 0.0786. The molecule has 5 heteroatoms. The van der Waals surface area contributed by atoms with E-state index in [4.69, 9.17) is 14.5 Å². The summed E-state index contributed by atoms with van der Waals surface area (Å²) < 4.78 is 10.8. The summed E-state index contributed by atoms with van der Waals surface area (Å²) >= 11 is 1.47. The number of aryl methyl sites for hydroxylation is 1. The smallest absolute Gasteiger partial charge is 0.342 e. The molecule has 0 radical (unpaired) electrons. The first-order chi connectivity index (χ1) is 11.8. The number of thiophene rings is 1. The van der Waals surface area contributed by atoms with Crippen molar-refractivity contribution < 1.29 is 14.3 Å². The van der Waals surface area contributed by atoms with Crippen molar-refractivity contribution in [2.45, 2.75) is 25.7 Å². The second kappa shape index (κ2) is 6.61. The standard InChI is InChI=1S/C19H17NO3S/c21-19(23-12-22-17-10-5-11-24-17)18-13-6-1-3-8-15(13)20-16-9-4-2-7-14(16)18/h1,3,5-6,8,10-11H,2,4,7,9,12H2. The van der Waals surface area contributed by atoms with Crippen molar-refractivity contribution in [3.05, 3.63) is 58.6 Å². The van der Waals surface area contributed by atoms with Gasteiger partial charge in [-0.25, -0.2) is 4.79 Å². The molecule has 0 amide bonds. The van der Waals surface area contributed by atoms with Crippen LogP contribution in [0.15, 0.2) is 41.8 Å². The lowest BCUT2D eigenvalue weighted by Crippen LogP contribution is -2.17. The van der Waals surface area contributed by atoms with Crippen LogP contribution in [0.1, 0.15) is 34.5 Å². The predicted molar refractivity (Wildman–Crippen MR) is 93.6 cm³/mol. The van der Waals surface area contributed by atoms with Gasteiger partial charge in [-0.1, -0.05) is 18.2 Å². The van der Waals surface area contributed by atoms with Crippen LogP contribution < -0.4 is 4.74 Å². The van der Waals surface area contributed by atoms with Crippen LogP contribution in [0, 0.1) is 0 Å². The molecular formula is C19H17NO3S. The fraction of sp³-hybridized carbons (Fsp3) is 0.263. The number of esters is 1. The Bertz CT molecular complexity index is 874. The Morgan fingerprint density at radius 2 is 2.00 bits per heavy atom. The zero-order chi connectivity index (χ0) is 16.4. The molecule has 0 bridgehead atoms. The first kappa shape index (κ1) is 15.1. The summed E-state index contributed by atoms with van der Waals surface area (Å²) in [4.78, 5) is 17.5. The molecule has 1 aliphatic rings. The average Bonchev–Trinajstić information content (AvgIpc) is 3.13. The number of para-hydroxylation sites is 1. The highest BCUT2D eigenvalue weighted by molar-refractivity contribution is 7.11. The number of carbonyl (C=O) groups is 1. The van der Waals surface area contributed by atoms with Gasteiger partial charge in [0.2, 0.25) is 6.79 Å². The molecule has 0 fully saturated rings. The minimum Gasteiger partial charge on any atom is -0.448 e. The molecule has 2 aromatic heterocycles. The van der Waals surface area contributed by atoms with Gasteiger partial charge >= 0.3 is 5.97 Å². The number of nitrogens with zero attached hydrogens (tertiary/aromatic N) is 1.